The summed E-state index contributed by atoms with van der Waals surface area (Å²) >= 11 is 0. The summed E-state index contributed by atoms with van der Waals surface area (Å²) in [5, 5.41) is 12.6. The van der Waals surface area contributed by atoms with Crippen LogP contribution in [-0.4, -0.2) is 63.7 Å². The number of methoxy groups -OCH3 is 2. The van der Waals surface area contributed by atoms with Crippen molar-refractivity contribution >= 4 is 0 Å². The predicted molar refractivity (Wildman–Crippen MR) is 151 cm³/mol. The quantitative estimate of drug-likeness (QED) is 0.324. The molecule has 0 aromatic heterocycles. The molecule has 0 radical (unpaired) electrons. The highest BCUT2D eigenvalue weighted by Crippen LogP contribution is 2.50. The zero-order chi connectivity index (χ0) is 28.0. The van der Waals surface area contributed by atoms with E-state index in [1.54, 1.807) is 20.3 Å². The third kappa shape index (κ3) is 6.05. The summed E-state index contributed by atoms with van der Waals surface area (Å²) in [4.78, 5) is 2.37. The van der Waals surface area contributed by atoms with Gasteiger partial charge in [-0.2, -0.15) is 0 Å². The standard InChI is InChI=1S/C32H39NO7/c1-23(33-17-5-4-6-18-33)40-27-13-9-25(10-14-27)32(34)29-16-15-28(39-22-36-3)19-31(29)37-20-30(32)24-7-11-26(12-8-24)38-21-35-2/h7-16,19,23,30,34H,4-6,17-18,20-22H2,1-3H3. The lowest BCUT2D eigenvalue weighted by molar-refractivity contribution is 0.00960. The second-order valence-electron chi connectivity index (χ2n) is 10.3. The van der Waals surface area contributed by atoms with Crippen LogP contribution < -0.4 is 18.9 Å². The molecule has 0 saturated carbocycles. The van der Waals surface area contributed by atoms with Gasteiger partial charge >= 0.3 is 0 Å². The summed E-state index contributed by atoms with van der Waals surface area (Å²) in [6, 6.07) is 21.0. The highest BCUT2D eigenvalue weighted by Gasteiger charge is 2.46. The molecule has 3 aromatic rings. The molecule has 5 rings (SSSR count). The van der Waals surface area contributed by atoms with Gasteiger partial charge in [-0.05, 0) is 67.3 Å². The van der Waals surface area contributed by atoms with Crippen LogP contribution in [0.25, 0.3) is 0 Å². The van der Waals surface area contributed by atoms with E-state index in [9.17, 15) is 5.11 Å². The summed E-state index contributed by atoms with van der Waals surface area (Å²) in [6.45, 7) is 4.79. The van der Waals surface area contributed by atoms with Gasteiger partial charge in [0.15, 0.2) is 13.6 Å². The van der Waals surface area contributed by atoms with Crippen molar-refractivity contribution in [1.82, 2.24) is 4.90 Å². The summed E-state index contributed by atoms with van der Waals surface area (Å²) in [5.74, 6) is 2.27. The van der Waals surface area contributed by atoms with Crippen LogP contribution >= 0.6 is 0 Å². The Morgan fingerprint density at radius 1 is 0.850 bits per heavy atom. The lowest BCUT2D eigenvalue weighted by Gasteiger charge is -2.42. The maximum atomic E-state index is 12.6. The maximum Gasteiger partial charge on any atom is 0.188 e. The normalized spacial score (nSPS) is 21.6. The first kappa shape index (κ1) is 28.2. The molecule has 8 heteroatoms. The molecule has 0 spiro atoms. The minimum atomic E-state index is -1.36. The number of aliphatic hydroxyl groups is 1. The van der Waals surface area contributed by atoms with E-state index < -0.39 is 5.60 Å². The lowest BCUT2D eigenvalue weighted by atomic mass is 9.71. The summed E-state index contributed by atoms with van der Waals surface area (Å²) in [7, 11) is 3.16. The summed E-state index contributed by atoms with van der Waals surface area (Å²) in [5.41, 5.74) is 0.991. The first-order valence-corrected chi connectivity index (χ1v) is 13.9. The van der Waals surface area contributed by atoms with Gasteiger partial charge in [0.25, 0.3) is 0 Å². The number of piperidine rings is 1. The molecule has 1 fully saturated rings. The fourth-order valence-corrected chi connectivity index (χ4v) is 5.59. The van der Waals surface area contributed by atoms with Crippen LogP contribution in [-0.2, 0) is 15.1 Å². The number of hydrogen-bond acceptors (Lipinski definition) is 8. The van der Waals surface area contributed by atoms with Crippen molar-refractivity contribution in [3.63, 3.8) is 0 Å². The molecule has 0 bridgehead atoms. The maximum absolute atomic E-state index is 12.6. The fraction of sp³-hybridized carbons (Fsp3) is 0.438. The molecule has 2 heterocycles. The molecule has 8 nitrogen and oxygen atoms in total. The van der Waals surface area contributed by atoms with E-state index in [1.165, 1.54) is 19.3 Å². The van der Waals surface area contributed by atoms with Gasteiger partial charge in [-0.25, -0.2) is 0 Å². The number of rotatable bonds is 11. The van der Waals surface area contributed by atoms with Gasteiger partial charge in [-0.1, -0.05) is 30.7 Å². The van der Waals surface area contributed by atoms with Crippen molar-refractivity contribution in [1.29, 1.82) is 0 Å². The van der Waals surface area contributed by atoms with Crippen LogP contribution in [0, 0.1) is 0 Å². The number of nitrogens with zero attached hydrogens (tertiary/aromatic N) is 1. The molecule has 3 aromatic carbocycles. The topological polar surface area (TPSA) is 78.9 Å². The van der Waals surface area contributed by atoms with E-state index in [-0.39, 0.29) is 32.3 Å². The van der Waals surface area contributed by atoms with Crippen LogP contribution in [0.5, 0.6) is 23.0 Å². The molecule has 3 atom stereocenters. The summed E-state index contributed by atoms with van der Waals surface area (Å²) in [6.07, 6.45) is 3.70. The van der Waals surface area contributed by atoms with Gasteiger partial charge in [0.1, 0.15) is 34.8 Å². The van der Waals surface area contributed by atoms with Crippen LogP contribution in [0.2, 0.25) is 0 Å². The number of hydrogen-bond donors (Lipinski definition) is 1. The first-order chi connectivity index (χ1) is 19.5. The first-order valence-electron chi connectivity index (χ1n) is 13.9. The Balaban J connectivity index is 1.46. The van der Waals surface area contributed by atoms with Crippen LogP contribution in [0.3, 0.4) is 0 Å². The lowest BCUT2D eigenvalue weighted by Crippen LogP contribution is -2.42. The van der Waals surface area contributed by atoms with Crippen molar-refractivity contribution in [2.75, 3.05) is 47.5 Å². The Morgan fingerprint density at radius 3 is 2.15 bits per heavy atom. The molecule has 3 unspecified atom stereocenters. The van der Waals surface area contributed by atoms with Crippen molar-refractivity contribution in [3.05, 3.63) is 83.4 Å². The SMILES string of the molecule is COCOc1ccc(C2COc3cc(OCOC)ccc3C2(O)c2ccc(OC(C)N3CCCCC3)cc2)cc1. The van der Waals surface area contributed by atoms with Gasteiger partial charge in [-0.15, -0.1) is 0 Å². The molecular weight excluding hydrogens is 510 g/mol. The van der Waals surface area contributed by atoms with Crippen LogP contribution in [0.1, 0.15) is 48.8 Å². The Kier molecular flexibility index (Phi) is 9.11. The van der Waals surface area contributed by atoms with Gasteiger partial charge in [0.05, 0.1) is 12.5 Å². The molecule has 0 amide bonds. The van der Waals surface area contributed by atoms with Crippen molar-refractivity contribution in [2.24, 2.45) is 0 Å². The minimum absolute atomic E-state index is 0.00449. The van der Waals surface area contributed by atoms with E-state index in [4.69, 9.17) is 28.4 Å². The number of benzene rings is 3. The second kappa shape index (κ2) is 12.9. The number of ether oxygens (including phenoxy) is 6. The van der Waals surface area contributed by atoms with Crippen LogP contribution in [0.4, 0.5) is 0 Å². The Hall–Kier alpha value is -3.30. The van der Waals surface area contributed by atoms with E-state index in [0.29, 0.717) is 22.8 Å². The van der Waals surface area contributed by atoms with E-state index in [0.717, 1.165) is 30.0 Å². The molecule has 0 aliphatic carbocycles. The Morgan fingerprint density at radius 2 is 1.48 bits per heavy atom. The third-order valence-electron chi connectivity index (χ3n) is 7.75. The highest BCUT2D eigenvalue weighted by molar-refractivity contribution is 5.53. The van der Waals surface area contributed by atoms with E-state index in [2.05, 4.69) is 11.8 Å². The number of likely N-dealkylation sites (tertiary alicyclic amines) is 1. The van der Waals surface area contributed by atoms with Crippen LogP contribution in [0.15, 0.2) is 66.7 Å². The average molecular weight is 550 g/mol. The molecular formula is C32H39NO7. The highest BCUT2D eigenvalue weighted by atomic mass is 16.7. The van der Waals surface area contributed by atoms with Gasteiger partial charge < -0.3 is 33.5 Å². The Labute approximate surface area is 236 Å². The van der Waals surface area contributed by atoms with Gasteiger partial charge in [0, 0.05) is 38.9 Å². The zero-order valence-electron chi connectivity index (χ0n) is 23.5. The summed E-state index contributed by atoms with van der Waals surface area (Å²) < 4.78 is 33.7. The Bertz CT molecular complexity index is 1230. The molecule has 214 valence electrons. The largest absolute Gasteiger partial charge is 0.492 e. The molecule has 1 saturated heterocycles. The smallest absolute Gasteiger partial charge is 0.188 e. The van der Waals surface area contributed by atoms with Crippen molar-refractivity contribution in [2.45, 2.75) is 43.9 Å². The molecule has 2 aliphatic heterocycles. The zero-order valence-corrected chi connectivity index (χ0v) is 23.5. The second-order valence-corrected chi connectivity index (χ2v) is 10.3. The van der Waals surface area contributed by atoms with Gasteiger partial charge in [-0.3, -0.25) is 4.90 Å². The van der Waals surface area contributed by atoms with E-state index >= 15 is 0 Å². The molecule has 2 aliphatic rings. The van der Waals surface area contributed by atoms with Gasteiger partial charge in [0.2, 0.25) is 0 Å². The third-order valence-corrected chi connectivity index (χ3v) is 7.75. The predicted octanol–water partition coefficient (Wildman–Crippen LogP) is 5.27. The van der Waals surface area contributed by atoms with E-state index in [1.807, 2.05) is 60.7 Å². The number of fused-ring (bicyclic) bond motifs is 1. The fourth-order valence-electron chi connectivity index (χ4n) is 5.59. The molecule has 40 heavy (non-hydrogen) atoms. The average Bonchev–Trinajstić information content (AvgIpc) is 3.00. The van der Waals surface area contributed by atoms with Crippen molar-refractivity contribution < 1.29 is 33.5 Å². The minimum Gasteiger partial charge on any atom is -0.492 e. The monoisotopic (exact) mass is 549 g/mol. The van der Waals surface area contributed by atoms with Crippen molar-refractivity contribution in [3.8, 4) is 23.0 Å². The molecule has 1 N–H and O–H groups in total.